The van der Waals surface area contributed by atoms with Gasteiger partial charge in [0.2, 0.25) is 0 Å². The second kappa shape index (κ2) is 6.11. The van der Waals surface area contributed by atoms with E-state index in [0.29, 0.717) is 18.9 Å². The molecule has 0 aliphatic carbocycles. The topological polar surface area (TPSA) is 58.0 Å². The molecule has 0 bridgehead atoms. The predicted octanol–water partition coefficient (Wildman–Crippen LogP) is 2.47. The summed E-state index contributed by atoms with van der Waals surface area (Å²) >= 11 is 0. The van der Waals surface area contributed by atoms with Gasteiger partial charge in [0.25, 0.3) is 0 Å². The van der Waals surface area contributed by atoms with Crippen molar-refractivity contribution in [1.29, 1.82) is 0 Å². The van der Waals surface area contributed by atoms with Crippen LogP contribution in [0.1, 0.15) is 20.8 Å². The lowest BCUT2D eigenvalue weighted by atomic mass is 10.2. The quantitative estimate of drug-likeness (QED) is 0.785. The van der Waals surface area contributed by atoms with Crippen molar-refractivity contribution in [3.8, 4) is 0 Å². The highest BCUT2D eigenvalue weighted by Crippen LogP contribution is 2.19. The summed E-state index contributed by atoms with van der Waals surface area (Å²) in [6.07, 6.45) is 1.54. The number of hydrogen-bond acceptors (Lipinski definition) is 5. The lowest BCUT2D eigenvalue weighted by Gasteiger charge is -2.36. The molecule has 2 rings (SSSR count). The lowest BCUT2D eigenvalue weighted by molar-refractivity contribution is 0.0240. The molecule has 1 aliphatic heterocycles. The highest BCUT2D eigenvalue weighted by Gasteiger charge is 2.25. The average Bonchev–Trinajstić information content (AvgIpc) is 2.46. The molecule has 0 spiro atoms. The van der Waals surface area contributed by atoms with Gasteiger partial charge in [-0.1, -0.05) is 0 Å². The third-order valence-corrected chi connectivity index (χ3v) is 3.19. The predicted molar refractivity (Wildman–Crippen MR) is 83.5 cm³/mol. The minimum absolute atomic E-state index is 0.244. The minimum atomic E-state index is -0.453. The normalized spacial score (nSPS) is 15.8. The van der Waals surface area contributed by atoms with E-state index in [9.17, 15) is 4.79 Å². The summed E-state index contributed by atoms with van der Waals surface area (Å²) in [5, 5.41) is 0. The molecule has 6 heteroatoms. The Labute approximate surface area is 125 Å². The van der Waals surface area contributed by atoms with E-state index < -0.39 is 5.60 Å². The van der Waals surface area contributed by atoms with Crippen LogP contribution < -0.4 is 4.90 Å². The molecule has 1 aromatic heterocycles. The van der Waals surface area contributed by atoms with Crippen LogP contribution in [0.5, 0.6) is 0 Å². The highest BCUT2D eigenvalue weighted by atomic mass is 16.6. The van der Waals surface area contributed by atoms with Gasteiger partial charge in [0.1, 0.15) is 5.60 Å². The molecule has 0 N–H and O–H groups in total. The van der Waals surface area contributed by atoms with Crippen molar-refractivity contribution in [3.63, 3.8) is 0 Å². The highest BCUT2D eigenvalue weighted by molar-refractivity contribution is 5.68. The maximum absolute atomic E-state index is 12.0. The molecule has 6 nitrogen and oxygen atoms in total. The van der Waals surface area contributed by atoms with Crippen molar-refractivity contribution in [2.75, 3.05) is 31.1 Å². The van der Waals surface area contributed by atoms with Gasteiger partial charge in [-0.05, 0) is 39.6 Å². The number of hydrogen-bond donors (Lipinski definition) is 0. The molecule has 0 saturated carbocycles. The molecule has 1 aromatic rings. The van der Waals surface area contributed by atoms with Gasteiger partial charge in [-0.15, -0.1) is 0 Å². The standard InChI is InChI=1S/C15H22N4O2/c1-15(2,3)21-14(20)19-9-7-18(8-10-19)12-5-6-13(16-4)17-11-12/h5-6,11H,4,7-10H2,1-3H3. The Hall–Kier alpha value is -2.11. The number of ether oxygens (including phenoxy) is 1. The fraction of sp³-hybridized carbons (Fsp3) is 0.533. The summed E-state index contributed by atoms with van der Waals surface area (Å²) < 4.78 is 5.39. The maximum atomic E-state index is 12.0. The number of carbonyl (C=O) groups excluding carboxylic acids is 1. The summed E-state index contributed by atoms with van der Waals surface area (Å²) in [6, 6.07) is 3.81. The van der Waals surface area contributed by atoms with Crippen LogP contribution in [0.25, 0.3) is 0 Å². The zero-order valence-electron chi connectivity index (χ0n) is 12.9. The van der Waals surface area contributed by atoms with Gasteiger partial charge in [0.05, 0.1) is 11.9 Å². The van der Waals surface area contributed by atoms with Gasteiger partial charge in [-0.3, -0.25) is 0 Å². The van der Waals surface area contributed by atoms with E-state index >= 15 is 0 Å². The molecule has 114 valence electrons. The van der Waals surface area contributed by atoms with Crippen LogP contribution in [0.3, 0.4) is 0 Å². The Morgan fingerprint density at radius 2 is 1.95 bits per heavy atom. The first-order valence-electron chi connectivity index (χ1n) is 7.05. The number of aromatic nitrogens is 1. The number of nitrogens with zero attached hydrogens (tertiary/aromatic N) is 4. The molecule has 0 unspecified atom stereocenters. The first kappa shape index (κ1) is 15.3. The Kier molecular flexibility index (Phi) is 4.45. The van der Waals surface area contributed by atoms with E-state index in [1.807, 2.05) is 32.9 Å². The van der Waals surface area contributed by atoms with Gasteiger partial charge >= 0.3 is 6.09 Å². The van der Waals surface area contributed by atoms with Crippen molar-refractivity contribution in [3.05, 3.63) is 18.3 Å². The molecule has 2 heterocycles. The largest absolute Gasteiger partial charge is 0.444 e. The maximum Gasteiger partial charge on any atom is 0.410 e. The van der Waals surface area contributed by atoms with Crippen molar-refractivity contribution in [2.24, 2.45) is 4.99 Å². The Morgan fingerprint density at radius 1 is 1.29 bits per heavy atom. The molecule has 1 saturated heterocycles. The lowest BCUT2D eigenvalue weighted by Crippen LogP contribution is -2.50. The number of aliphatic imine (C=N–C) groups is 1. The van der Waals surface area contributed by atoms with E-state index in [1.165, 1.54) is 0 Å². The first-order valence-corrected chi connectivity index (χ1v) is 7.05. The van der Waals surface area contributed by atoms with E-state index in [2.05, 4.69) is 21.6 Å². The molecule has 0 aromatic carbocycles. The molecule has 0 atom stereocenters. The van der Waals surface area contributed by atoms with Gasteiger partial charge in [-0.2, -0.15) is 0 Å². The van der Waals surface area contributed by atoms with E-state index in [0.717, 1.165) is 18.8 Å². The summed E-state index contributed by atoms with van der Waals surface area (Å²) in [7, 11) is 0. The second-order valence-electron chi connectivity index (χ2n) is 5.99. The van der Waals surface area contributed by atoms with E-state index in [4.69, 9.17) is 4.74 Å². The van der Waals surface area contributed by atoms with Crippen molar-refractivity contribution in [2.45, 2.75) is 26.4 Å². The van der Waals surface area contributed by atoms with Crippen molar-refractivity contribution in [1.82, 2.24) is 9.88 Å². The molecule has 1 amide bonds. The number of anilines is 1. The Bertz CT molecular complexity index is 499. The molecule has 0 radical (unpaired) electrons. The third kappa shape index (κ3) is 4.18. The number of rotatable bonds is 2. The Morgan fingerprint density at radius 3 is 2.43 bits per heavy atom. The Balaban J connectivity index is 1.90. The number of amides is 1. The molecule has 1 aliphatic rings. The van der Waals surface area contributed by atoms with Crippen molar-refractivity contribution < 1.29 is 9.53 Å². The van der Waals surface area contributed by atoms with Crippen LogP contribution >= 0.6 is 0 Å². The number of piperazine rings is 1. The number of pyridine rings is 1. The minimum Gasteiger partial charge on any atom is -0.444 e. The van der Waals surface area contributed by atoms with Gasteiger partial charge in [0.15, 0.2) is 5.82 Å². The smallest absolute Gasteiger partial charge is 0.410 e. The van der Waals surface area contributed by atoms with Crippen LogP contribution in [-0.4, -0.2) is 54.5 Å². The average molecular weight is 290 g/mol. The van der Waals surface area contributed by atoms with Crippen LogP contribution in [0, 0.1) is 0 Å². The monoisotopic (exact) mass is 290 g/mol. The zero-order chi connectivity index (χ0) is 15.5. The molecular formula is C15H22N4O2. The fourth-order valence-corrected chi connectivity index (χ4v) is 2.13. The molecular weight excluding hydrogens is 268 g/mol. The molecule has 1 fully saturated rings. The summed E-state index contributed by atoms with van der Waals surface area (Å²) in [5.41, 5.74) is 0.581. The fourth-order valence-electron chi connectivity index (χ4n) is 2.13. The second-order valence-corrected chi connectivity index (χ2v) is 5.99. The SMILES string of the molecule is C=Nc1ccc(N2CCN(C(=O)OC(C)(C)C)CC2)cn1. The summed E-state index contributed by atoms with van der Waals surface area (Å²) in [6.45, 7) is 11.9. The van der Waals surface area contributed by atoms with E-state index in [1.54, 1.807) is 11.1 Å². The van der Waals surface area contributed by atoms with Gasteiger partial charge < -0.3 is 14.5 Å². The van der Waals surface area contributed by atoms with Crippen molar-refractivity contribution >= 4 is 24.3 Å². The van der Waals surface area contributed by atoms with Crippen LogP contribution in [0.2, 0.25) is 0 Å². The van der Waals surface area contributed by atoms with Crippen LogP contribution in [0.4, 0.5) is 16.3 Å². The third-order valence-electron chi connectivity index (χ3n) is 3.19. The van der Waals surface area contributed by atoms with Crippen LogP contribution in [-0.2, 0) is 4.74 Å². The van der Waals surface area contributed by atoms with E-state index in [-0.39, 0.29) is 6.09 Å². The van der Waals surface area contributed by atoms with Gasteiger partial charge in [-0.25, -0.2) is 14.8 Å². The number of carbonyl (C=O) groups is 1. The first-order chi connectivity index (χ1) is 9.89. The van der Waals surface area contributed by atoms with Gasteiger partial charge in [0, 0.05) is 26.2 Å². The zero-order valence-corrected chi connectivity index (χ0v) is 12.9. The van der Waals surface area contributed by atoms with Crippen LogP contribution in [0.15, 0.2) is 23.3 Å². The summed E-state index contributed by atoms with van der Waals surface area (Å²) in [5.74, 6) is 0.617. The molecule has 21 heavy (non-hydrogen) atoms. The summed E-state index contributed by atoms with van der Waals surface area (Å²) in [4.78, 5) is 23.9.